The predicted molar refractivity (Wildman–Crippen MR) is 177 cm³/mol. The van der Waals surface area contributed by atoms with E-state index in [1.165, 1.54) is 15.9 Å². The lowest BCUT2D eigenvalue weighted by Crippen LogP contribution is -2.58. The van der Waals surface area contributed by atoms with Crippen LogP contribution < -0.4 is 29.9 Å². The first-order valence-electron chi connectivity index (χ1n) is 14.8. The molecule has 46 heavy (non-hydrogen) atoms. The normalized spacial score (nSPS) is 14.3. The highest BCUT2D eigenvalue weighted by Crippen LogP contribution is 2.63. The minimum Gasteiger partial charge on any atom is -0.378 e. The van der Waals surface area contributed by atoms with Crippen LogP contribution in [-0.2, 0) is 4.74 Å². The summed E-state index contributed by atoms with van der Waals surface area (Å²) in [6.07, 6.45) is 2.31. The zero-order valence-corrected chi connectivity index (χ0v) is 26.8. The maximum absolute atomic E-state index is 8.60. The Morgan fingerprint density at radius 3 is 1.41 bits per heavy atom. The van der Waals surface area contributed by atoms with Crippen LogP contribution in [0.3, 0.4) is 0 Å². The molecule has 0 saturated carbocycles. The molecule has 1 aliphatic rings. The monoisotopic (exact) mass is 653 g/mol. The van der Waals surface area contributed by atoms with Gasteiger partial charge >= 0.3 is 0 Å². The lowest BCUT2D eigenvalue weighted by atomic mass is 10.2. The highest BCUT2D eigenvalue weighted by molar-refractivity contribution is 7.99. The molecule has 0 atom stereocenters. The van der Waals surface area contributed by atoms with Crippen molar-refractivity contribution in [2.45, 2.75) is 0 Å². The van der Waals surface area contributed by atoms with Crippen LogP contribution in [-0.4, -0.2) is 41.7 Å². The zero-order chi connectivity index (χ0) is 32.2. The van der Waals surface area contributed by atoms with Gasteiger partial charge in [0.15, 0.2) is 7.26 Å². The van der Waals surface area contributed by atoms with Crippen molar-refractivity contribution < 1.29 is 33.6 Å². The summed E-state index contributed by atoms with van der Waals surface area (Å²) in [6.45, 7) is 3.00. The van der Waals surface area contributed by atoms with E-state index in [4.69, 9.17) is 28.4 Å². The number of amidine groups is 1. The van der Waals surface area contributed by atoms with E-state index in [0.717, 1.165) is 35.5 Å². The number of hydrogen-bond donors (Lipinski definition) is 1. The van der Waals surface area contributed by atoms with E-state index in [-0.39, 0.29) is 0 Å². The Hall–Kier alpha value is -4.17. The first-order valence-corrected chi connectivity index (χ1v) is 17.8. The van der Waals surface area contributed by atoms with Crippen LogP contribution in [0.15, 0.2) is 162 Å². The van der Waals surface area contributed by atoms with Crippen LogP contribution in [0.25, 0.3) is 6.08 Å². The van der Waals surface area contributed by atoms with Crippen LogP contribution >= 0.6 is 7.26 Å². The number of benzene rings is 5. The molecule has 0 aromatic heterocycles. The van der Waals surface area contributed by atoms with E-state index in [0.29, 0.717) is 13.2 Å². The number of halogens is 1. The molecule has 1 fully saturated rings. The Labute approximate surface area is 272 Å². The molecule has 0 unspecified atom stereocenters. The molecule has 0 bridgehead atoms. The second-order valence-electron chi connectivity index (χ2n) is 10.4. The van der Waals surface area contributed by atoms with Gasteiger partial charge in [0.25, 0.3) is 0 Å². The molecule has 1 N–H and O–H groups in total. The lowest BCUT2D eigenvalue weighted by molar-refractivity contribution is -1.92. The molecule has 5 aromatic carbocycles. The fourth-order valence-corrected chi connectivity index (χ4v) is 9.62. The summed E-state index contributed by atoms with van der Waals surface area (Å²) in [6, 6.07) is 54.1. The Bertz CT molecular complexity index is 1590. The number of hydrogen-bond acceptors (Lipinski definition) is 6. The predicted octanol–water partition coefficient (Wildman–Crippen LogP) is 2.63. The topological polar surface area (TPSA) is 114 Å². The van der Waals surface area contributed by atoms with Crippen molar-refractivity contribution in [2.75, 3.05) is 26.3 Å². The number of rotatable bonds is 7. The first kappa shape index (κ1) is 33.2. The van der Waals surface area contributed by atoms with Crippen LogP contribution in [0, 0.1) is 10.2 Å². The average Bonchev–Trinajstić information content (AvgIpc) is 3.09. The lowest BCUT2D eigenvalue weighted by Gasteiger charge is -2.32. The van der Waals surface area contributed by atoms with Crippen molar-refractivity contribution in [2.24, 2.45) is 4.99 Å². The first-order chi connectivity index (χ1) is 22.4. The summed E-state index contributed by atoms with van der Waals surface area (Å²) < 4.78 is 38.5. The van der Waals surface area contributed by atoms with E-state index < -0.39 is 17.5 Å². The molecular formula is C37H35ClN2O5P+. The van der Waals surface area contributed by atoms with Crippen LogP contribution in [0.5, 0.6) is 0 Å². The van der Waals surface area contributed by atoms with Gasteiger partial charge in [0.2, 0.25) is 5.44 Å². The second kappa shape index (κ2) is 15.9. The molecular weight excluding hydrogens is 619 g/mol. The van der Waals surface area contributed by atoms with Gasteiger partial charge in [-0.25, -0.2) is 0 Å². The van der Waals surface area contributed by atoms with Gasteiger partial charge in [0.1, 0.15) is 21.7 Å². The highest BCUT2D eigenvalue weighted by atomic mass is 35.7. The van der Waals surface area contributed by atoms with Gasteiger partial charge in [0.05, 0.1) is 28.1 Å². The third-order valence-corrected chi connectivity index (χ3v) is 11.6. The molecule has 7 nitrogen and oxygen atoms in total. The molecule has 0 amide bonds. The van der Waals surface area contributed by atoms with Gasteiger partial charge in [0, 0.05) is 24.7 Å². The number of ether oxygens (including phenoxy) is 1. The van der Waals surface area contributed by atoms with Crippen molar-refractivity contribution in [1.29, 1.82) is 0 Å². The Morgan fingerprint density at radius 1 is 0.630 bits per heavy atom. The quantitative estimate of drug-likeness (QED) is 0.164. The Kier molecular flexibility index (Phi) is 11.5. The summed E-state index contributed by atoms with van der Waals surface area (Å²) in [5.74, 6) is 0.989. The van der Waals surface area contributed by atoms with Crippen molar-refractivity contribution in [3.05, 3.63) is 168 Å². The van der Waals surface area contributed by atoms with E-state index in [9.17, 15) is 0 Å². The van der Waals surface area contributed by atoms with Gasteiger partial charge in [-0.15, -0.1) is 0 Å². The molecule has 9 heteroatoms. The largest absolute Gasteiger partial charge is 0.378 e. The molecule has 1 aliphatic heterocycles. The van der Waals surface area contributed by atoms with Gasteiger partial charge in [-0.3, -0.25) is 0 Å². The summed E-state index contributed by atoms with van der Waals surface area (Å²) in [4.78, 5) is 8.15. The van der Waals surface area contributed by atoms with Crippen LogP contribution in [0.1, 0.15) is 11.1 Å². The average molecular weight is 654 g/mol. The van der Waals surface area contributed by atoms with E-state index in [1.807, 2.05) is 0 Å². The molecule has 0 aliphatic carbocycles. The standard InChI is InChI=1S/C37H34N2OP.ClHO4/c1-6-16-31(17-7-1)30-36(38-37(32-18-8-2-9-19-32)39-26-28-40-29-27-39)41(33-20-10-3-11-21-33,34-22-12-4-13-23-34)35-24-14-5-15-25-35;2-1(3,4)5/h1-25,30H,26-29H2;(H,2,3,4,5)/q+1;/b36-30+,38-37?;. The second-order valence-corrected chi connectivity index (χ2v) is 14.5. The molecule has 0 spiro atoms. The minimum atomic E-state index is -4.69. The summed E-state index contributed by atoms with van der Waals surface area (Å²) >= 11 is 0. The smallest absolute Gasteiger partial charge is 0.200 e. The van der Waals surface area contributed by atoms with Crippen molar-refractivity contribution in [1.82, 2.24) is 4.90 Å². The van der Waals surface area contributed by atoms with Gasteiger partial charge in [-0.1, -0.05) is 115 Å². The van der Waals surface area contributed by atoms with Gasteiger partial charge < -0.3 is 9.64 Å². The molecule has 6 rings (SSSR count). The van der Waals surface area contributed by atoms with E-state index >= 15 is 0 Å². The molecule has 0 radical (unpaired) electrons. The summed E-state index contributed by atoms with van der Waals surface area (Å²) in [7, 11) is -7.13. The molecule has 1 saturated heterocycles. The summed E-state index contributed by atoms with van der Waals surface area (Å²) in [5.41, 5.74) is 3.31. The van der Waals surface area contributed by atoms with Crippen molar-refractivity contribution >= 4 is 35.1 Å². The fourth-order valence-electron chi connectivity index (χ4n) is 5.49. The van der Waals surface area contributed by atoms with Crippen LogP contribution in [0.2, 0.25) is 0 Å². The Balaban J connectivity index is 0.000000775. The number of aliphatic imine (C=N–C) groups is 1. The van der Waals surface area contributed by atoms with Crippen LogP contribution in [0.4, 0.5) is 0 Å². The maximum atomic E-state index is 8.60. The number of nitrogens with zero attached hydrogens (tertiary/aromatic N) is 2. The SMILES string of the molecule is C(=C(/N=C(c1ccccc1)N1CCOCC1)[P+](c1ccccc1)(c1ccccc1)c1ccccc1)/c1ccccc1.[O-][Cl+3]([O-])([O-])O. The Morgan fingerprint density at radius 2 is 1.00 bits per heavy atom. The fraction of sp³-hybridized carbons (Fsp3) is 0.108. The van der Waals surface area contributed by atoms with E-state index in [1.54, 1.807) is 0 Å². The van der Waals surface area contributed by atoms with E-state index in [2.05, 4.69) is 163 Å². The maximum Gasteiger partial charge on any atom is 0.200 e. The molecule has 5 aromatic rings. The summed E-state index contributed by atoms with van der Waals surface area (Å²) in [5, 5.41) is 3.83. The van der Waals surface area contributed by atoms with Crippen molar-refractivity contribution in [3.8, 4) is 0 Å². The zero-order valence-electron chi connectivity index (χ0n) is 25.1. The highest BCUT2D eigenvalue weighted by Gasteiger charge is 2.50. The third-order valence-electron chi connectivity index (χ3n) is 7.43. The van der Waals surface area contributed by atoms with Gasteiger partial charge in [-0.05, 0) is 42.0 Å². The number of morpholine rings is 1. The molecule has 234 valence electrons. The molecule has 1 heterocycles. The third kappa shape index (κ3) is 8.55. The minimum absolute atomic E-state index is 0.694. The van der Waals surface area contributed by atoms with Crippen molar-refractivity contribution in [3.63, 3.8) is 0 Å². The van der Waals surface area contributed by atoms with Gasteiger partial charge in [-0.2, -0.15) is 19.0 Å².